The molecule has 2 heterocycles. The van der Waals surface area contributed by atoms with Gasteiger partial charge in [-0.15, -0.1) is 0 Å². The quantitative estimate of drug-likeness (QED) is 0.792. The zero-order chi connectivity index (χ0) is 10.7. The lowest BCUT2D eigenvalue weighted by Crippen LogP contribution is -1.95. The molecule has 0 aliphatic rings. The van der Waals surface area contributed by atoms with Crippen molar-refractivity contribution >= 4 is 15.9 Å². The van der Waals surface area contributed by atoms with Crippen LogP contribution in [-0.4, -0.2) is 4.98 Å². The molecule has 1 atom stereocenters. The van der Waals surface area contributed by atoms with Gasteiger partial charge < -0.3 is 4.42 Å². The molecule has 2 aromatic heterocycles. The first-order chi connectivity index (χ1) is 7.25. The lowest BCUT2D eigenvalue weighted by atomic mass is 10.2. The summed E-state index contributed by atoms with van der Waals surface area (Å²) in [6.07, 6.45) is 2.65. The van der Waals surface area contributed by atoms with Crippen molar-refractivity contribution in [1.82, 2.24) is 4.98 Å². The van der Waals surface area contributed by atoms with Gasteiger partial charge in [-0.3, -0.25) is 4.98 Å². The van der Waals surface area contributed by atoms with Crippen LogP contribution in [0.1, 0.15) is 22.0 Å². The van der Waals surface area contributed by atoms with E-state index in [1.807, 2.05) is 43.5 Å². The normalized spacial score (nSPS) is 12.7. The Bertz CT molecular complexity index is 424. The maximum atomic E-state index is 5.54. The largest absolute Gasteiger partial charge is 0.465 e. The van der Waals surface area contributed by atoms with E-state index in [4.69, 9.17) is 4.42 Å². The smallest absolute Gasteiger partial charge is 0.118 e. The number of rotatable bonds is 3. The number of aryl methyl sites for hydroxylation is 1. The summed E-state index contributed by atoms with van der Waals surface area (Å²) < 4.78 is 5.54. The van der Waals surface area contributed by atoms with Crippen LogP contribution in [0, 0.1) is 6.92 Å². The van der Waals surface area contributed by atoms with Crippen molar-refractivity contribution in [3.05, 3.63) is 53.7 Å². The van der Waals surface area contributed by atoms with Crippen LogP contribution in [0.2, 0.25) is 0 Å². The minimum absolute atomic E-state index is 0.195. The van der Waals surface area contributed by atoms with E-state index in [1.54, 1.807) is 0 Å². The first-order valence-corrected chi connectivity index (χ1v) is 5.77. The second-order valence-corrected chi connectivity index (χ2v) is 4.55. The number of alkyl halides is 1. The third kappa shape index (κ3) is 2.69. The molecule has 0 saturated carbocycles. The fourth-order valence-electron chi connectivity index (χ4n) is 1.42. The molecule has 0 aliphatic carbocycles. The Labute approximate surface area is 97.5 Å². The first-order valence-electron chi connectivity index (χ1n) is 4.86. The van der Waals surface area contributed by atoms with E-state index in [9.17, 15) is 0 Å². The van der Waals surface area contributed by atoms with E-state index < -0.39 is 0 Å². The number of hydrogen-bond acceptors (Lipinski definition) is 2. The third-order valence-corrected chi connectivity index (χ3v) is 2.96. The fourth-order valence-corrected chi connectivity index (χ4v) is 2.00. The maximum absolute atomic E-state index is 5.54. The van der Waals surface area contributed by atoms with Crippen LogP contribution in [0.5, 0.6) is 0 Å². The number of halogens is 1. The van der Waals surface area contributed by atoms with Crippen LogP contribution in [0.25, 0.3) is 0 Å². The predicted molar refractivity (Wildman–Crippen MR) is 63.1 cm³/mol. The average molecular weight is 266 g/mol. The summed E-state index contributed by atoms with van der Waals surface area (Å²) in [5, 5.41) is 0. The Morgan fingerprint density at radius 2 is 2.20 bits per heavy atom. The molecule has 15 heavy (non-hydrogen) atoms. The molecule has 0 aromatic carbocycles. The molecule has 2 nitrogen and oxygen atoms in total. The van der Waals surface area contributed by atoms with Gasteiger partial charge in [0.1, 0.15) is 11.5 Å². The summed E-state index contributed by atoms with van der Waals surface area (Å²) in [7, 11) is 0. The molecule has 0 radical (unpaired) electrons. The molecule has 2 rings (SSSR count). The van der Waals surface area contributed by atoms with Crippen LogP contribution < -0.4 is 0 Å². The van der Waals surface area contributed by atoms with E-state index in [2.05, 4.69) is 20.9 Å². The van der Waals surface area contributed by atoms with Crippen molar-refractivity contribution < 1.29 is 4.42 Å². The standard InChI is InChI=1S/C12H12BrNO/c1-9-5-6-12(15-9)11(13)8-10-4-2-3-7-14-10/h2-7,11H,8H2,1H3. The zero-order valence-corrected chi connectivity index (χ0v) is 10.1. The van der Waals surface area contributed by atoms with Crippen molar-refractivity contribution in [2.75, 3.05) is 0 Å². The second kappa shape index (κ2) is 4.62. The van der Waals surface area contributed by atoms with Crippen LogP contribution >= 0.6 is 15.9 Å². The van der Waals surface area contributed by atoms with Crippen molar-refractivity contribution in [3.63, 3.8) is 0 Å². The highest BCUT2D eigenvalue weighted by Gasteiger charge is 2.12. The molecule has 0 saturated heterocycles. The molecule has 0 fully saturated rings. The molecular weight excluding hydrogens is 254 g/mol. The predicted octanol–water partition coefficient (Wildman–Crippen LogP) is 3.66. The number of hydrogen-bond donors (Lipinski definition) is 0. The Morgan fingerprint density at radius 1 is 1.33 bits per heavy atom. The van der Waals surface area contributed by atoms with Gasteiger partial charge in [-0.25, -0.2) is 0 Å². The monoisotopic (exact) mass is 265 g/mol. The van der Waals surface area contributed by atoms with Gasteiger partial charge >= 0.3 is 0 Å². The average Bonchev–Trinajstić information content (AvgIpc) is 2.66. The van der Waals surface area contributed by atoms with E-state index in [0.29, 0.717) is 0 Å². The Morgan fingerprint density at radius 3 is 2.80 bits per heavy atom. The van der Waals surface area contributed by atoms with Gasteiger partial charge in [0, 0.05) is 18.3 Å². The zero-order valence-electron chi connectivity index (χ0n) is 8.48. The summed E-state index contributed by atoms with van der Waals surface area (Å²) in [6, 6.07) is 9.91. The second-order valence-electron chi connectivity index (χ2n) is 3.44. The summed E-state index contributed by atoms with van der Waals surface area (Å²) in [6.45, 7) is 1.95. The SMILES string of the molecule is Cc1ccc(C(Br)Cc2ccccn2)o1. The van der Waals surface area contributed by atoms with Crippen molar-refractivity contribution in [2.45, 2.75) is 18.2 Å². The van der Waals surface area contributed by atoms with Crippen molar-refractivity contribution in [1.29, 1.82) is 0 Å². The highest BCUT2D eigenvalue weighted by atomic mass is 79.9. The number of nitrogens with zero attached hydrogens (tertiary/aromatic N) is 1. The van der Waals surface area contributed by atoms with E-state index >= 15 is 0 Å². The molecule has 0 aliphatic heterocycles. The molecule has 3 heteroatoms. The Hall–Kier alpha value is -1.09. The minimum atomic E-state index is 0.195. The minimum Gasteiger partial charge on any atom is -0.465 e. The summed E-state index contributed by atoms with van der Waals surface area (Å²) in [5.41, 5.74) is 1.06. The van der Waals surface area contributed by atoms with Gasteiger partial charge in [0.05, 0.1) is 4.83 Å². The third-order valence-electron chi connectivity index (χ3n) is 2.18. The molecule has 1 unspecified atom stereocenters. The molecular formula is C12H12BrNO. The molecule has 0 N–H and O–H groups in total. The molecule has 0 bridgehead atoms. The van der Waals surface area contributed by atoms with E-state index in [-0.39, 0.29) is 4.83 Å². The van der Waals surface area contributed by atoms with Crippen LogP contribution in [0.15, 0.2) is 40.9 Å². The van der Waals surface area contributed by atoms with Gasteiger partial charge in [-0.05, 0) is 31.2 Å². The summed E-state index contributed by atoms with van der Waals surface area (Å²) in [4.78, 5) is 4.47. The van der Waals surface area contributed by atoms with Crippen molar-refractivity contribution in [2.24, 2.45) is 0 Å². The highest BCUT2D eigenvalue weighted by Crippen LogP contribution is 2.27. The lowest BCUT2D eigenvalue weighted by molar-refractivity contribution is 0.480. The highest BCUT2D eigenvalue weighted by molar-refractivity contribution is 9.09. The van der Waals surface area contributed by atoms with Crippen molar-refractivity contribution in [3.8, 4) is 0 Å². The molecule has 0 amide bonds. The number of pyridine rings is 1. The van der Waals surface area contributed by atoms with Crippen LogP contribution in [-0.2, 0) is 6.42 Å². The van der Waals surface area contributed by atoms with Gasteiger partial charge in [-0.1, -0.05) is 22.0 Å². The van der Waals surface area contributed by atoms with Gasteiger partial charge in [-0.2, -0.15) is 0 Å². The molecule has 78 valence electrons. The van der Waals surface area contributed by atoms with Gasteiger partial charge in [0.15, 0.2) is 0 Å². The summed E-state index contributed by atoms with van der Waals surface area (Å²) in [5.74, 6) is 1.90. The lowest BCUT2D eigenvalue weighted by Gasteiger charge is -2.05. The number of furan rings is 1. The first kappa shape index (κ1) is 10.4. The summed E-state index contributed by atoms with van der Waals surface area (Å²) >= 11 is 3.60. The van der Waals surface area contributed by atoms with E-state index in [0.717, 1.165) is 23.6 Å². The van der Waals surface area contributed by atoms with E-state index in [1.165, 1.54) is 0 Å². The molecule has 2 aromatic rings. The molecule has 0 spiro atoms. The van der Waals surface area contributed by atoms with Crippen LogP contribution in [0.3, 0.4) is 0 Å². The van der Waals surface area contributed by atoms with Gasteiger partial charge in [0.2, 0.25) is 0 Å². The Kier molecular flexibility index (Phi) is 3.21. The Balaban J connectivity index is 2.07. The maximum Gasteiger partial charge on any atom is 0.118 e. The fraction of sp³-hybridized carbons (Fsp3) is 0.250. The van der Waals surface area contributed by atoms with Crippen LogP contribution in [0.4, 0.5) is 0 Å². The topological polar surface area (TPSA) is 26.0 Å². The van der Waals surface area contributed by atoms with Gasteiger partial charge in [0.25, 0.3) is 0 Å². The number of aromatic nitrogens is 1.